The molecule has 0 saturated heterocycles. The predicted molar refractivity (Wildman–Crippen MR) is 138 cm³/mol. The number of nitrogens with zero attached hydrogens (tertiary/aromatic N) is 1. The highest BCUT2D eigenvalue weighted by atomic mass is 16.5. The average molecular weight is 458 g/mol. The van der Waals surface area contributed by atoms with Gasteiger partial charge in [-0.15, -0.1) is 0 Å². The highest BCUT2D eigenvalue weighted by molar-refractivity contribution is 6.09. The van der Waals surface area contributed by atoms with Gasteiger partial charge in [0.25, 0.3) is 0 Å². The van der Waals surface area contributed by atoms with Gasteiger partial charge in [0.1, 0.15) is 5.75 Å². The van der Waals surface area contributed by atoms with Gasteiger partial charge in [0.2, 0.25) is 0 Å². The molecule has 6 nitrogen and oxygen atoms in total. The highest BCUT2D eigenvalue weighted by Crippen LogP contribution is 2.36. The fraction of sp³-hybridized carbons (Fsp3) is 0.286. The van der Waals surface area contributed by atoms with E-state index in [9.17, 15) is 4.79 Å². The zero-order valence-corrected chi connectivity index (χ0v) is 20.4. The second kappa shape index (κ2) is 10.00. The quantitative estimate of drug-likeness (QED) is 0.313. The number of methoxy groups -OCH3 is 1. The lowest BCUT2D eigenvalue weighted by atomic mass is 10.0. The van der Waals surface area contributed by atoms with Crippen molar-refractivity contribution in [2.24, 2.45) is 0 Å². The van der Waals surface area contributed by atoms with Gasteiger partial charge in [-0.05, 0) is 68.7 Å². The minimum Gasteiger partial charge on any atom is -0.496 e. The minimum atomic E-state index is -0.383. The average Bonchev–Trinajstić information content (AvgIpc) is 2.79. The van der Waals surface area contributed by atoms with Crippen molar-refractivity contribution < 1.29 is 14.3 Å². The molecule has 6 heteroatoms. The normalized spacial score (nSPS) is 11.1. The number of carbonyl (C=O) groups is 1. The van der Waals surface area contributed by atoms with Crippen LogP contribution >= 0.6 is 0 Å². The number of benzene rings is 3. The van der Waals surface area contributed by atoms with E-state index in [1.54, 1.807) is 7.11 Å². The van der Waals surface area contributed by atoms with Crippen LogP contribution in [0.15, 0.2) is 54.6 Å². The van der Waals surface area contributed by atoms with E-state index < -0.39 is 0 Å². The van der Waals surface area contributed by atoms with Crippen molar-refractivity contribution >= 4 is 39.3 Å². The van der Waals surface area contributed by atoms with Gasteiger partial charge < -0.3 is 20.1 Å². The molecule has 0 unspecified atom stereocenters. The molecule has 0 spiro atoms. The Balaban J connectivity index is 1.60. The van der Waals surface area contributed by atoms with Gasteiger partial charge in [-0.2, -0.15) is 0 Å². The third kappa shape index (κ3) is 5.22. The van der Waals surface area contributed by atoms with Gasteiger partial charge in [0.15, 0.2) is 0 Å². The summed E-state index contributed by atoms with van der Waals surface area (Å²) in [5.74, 6) is 0.826. The number of nitrogens with one attached hydrogen (secondary N) is 2. The molecule has 0 aliphatic heterocycles. The number of amides is 1. The number of alkyl carbamates (subject to hydrolysis) is 1. The lowest BCUT2D eigenvalue weighted by molar-refractivity contribution is 0.145. The Morgan fingerprint density at radius 1 is 0.971 bits per heavy atom. The van der Waals surface area contributed by atoms with E-state index in [-0.39, 0.29) is 12.1 Å². The van der Waals surface area contributed by atoms with Crippen LogP contribution in [-0.4, -0.2) is 30.8 Å². The highest BCUT2D eigenvalue weighted by Gasteiger charge is 2.13. The van der Waals surface area contributed by atoms with Crippen LogP contribution < -0.4 is 15.4 Å². The Kier molecular flexibility index (Phi) is 6.87. The molecule has 0 aliphatic carbocycles. The summed E-state index contributed by atoms with van der Waals surface area (Å²) in [6, 6.07) is 18.7. The number of hydrogen-bond acceptors (Lipinski definition) is 5. The lowest BCUT2D eigenvalue weighted by Crippen LogP contribution is -2.31. The summed E-state index contributed by atoms with van der Waals surface area (Å²) < 4.78 is 10.8. The maximum absolute atomic E-state index is 11.6. The Bertz CT molecular complexity index is 1330. The van der Waals surface area contributed by atoms with E-state index in [4.69, 9.17) is 14.5 Å². The van der Waals surface area contributed by atoms with Gasteiger partial charge in [0, 0.05) is 35.0 Å². The summed E-state index contributed by atoms with van der Waals surface area (Å²) in [4.78, 5) is 16.5. The van der Waals surface area contributed by atoms with E-state index in [1.165, 1.54) is 0 Å². The van der Waals surface area contributed by atoms with Crippen LogP contribution in [0, 0.1) is 13.8 Å². The molecule has 0 fully saturated rings. The summed E-state index contributed by atoms with van der Waals surface area (Å²) in [7, 11) is 1.68. The second-order valence-electron chi connectivity index (χ2n) is 8.85. The van der Waals surface area contributed by atoms with Gasteiger partial charge in [-0.1, -0.05) is 24.3 Å². The molecular weight excluding hydrogens is 426 g/mol. The molecule has 176 valence electrons. The molecule has 2 N–H and O–H groups in total. The maximum atomic E-state index is 11.6. The molecular formula is C28H31N3O3. The Morgan fingerprint density at radius 2 is 1.71 bits per heavy atom. The lowest BCUT2D eigenvalue weighted by Gasteiger charge is -2.16. The minimum absolute atomic E-state index is 0.0620. The molecule has 4 rings (SSSR count). The zero-order chi connectivity index (χ0) is 24.2. The number of pyridine rings is 1. The number of ether oxygens (including phenoxy) is 2. The number of carbonyl (C=O) groups excluding carboxylic acids is 1. The number of rotatable bonds is 7. The Labute approximate surface area is 200 Å². The van der Waals surface area contributed by atoms with Crippen molar-refractivity contribution in [2.75, 3.05) is 19.0 Å². The van der Waals surface area contributed by atoms with Gasteiger partial charge in [0.05, 0.1) is 30.4 Å². The molecule has 34 heavy (non-hydrogen) atoms. The summed E-state index contributed by atoms with van der Waals surface area (Å²) in [6.45, 7) is 8.26. The standard InChI is InChI=1S/C28H31N3O3/c1-17(2)29-28(32)34-13-12-20-7-9-21(10-8-20)30-27-22-11-6-18(3)14-24(22)31-25-16-26(33-5)19(4)15-23(25)27/h6-11,14-17H,12-13H2,1-5H3,(H,29,32)(H,30,31). The van der Waals surface area contributed by atoms with Gasteiger partial charge >= 0.3 is 6.09 Å². The first-order valence-electron chi connectivity index (χ1n) is 11.5. The van der Waals surface area contributed by atoms with Crippen LogP contribution in [0.3, 0.4) is 0 Å². The van der Waals surface area contributed by atoms with Gasteiger partial charge in [-0.3, -0.25) is 0 Å². The van der Waals surface area contributed by atoms with E-state index >= 15 is 0 Å². The molecule has 0 aliphatic rings. The third-order valence-corrected chi connectivity index (χ3v) is 5.70. The summed E-state index contributed by atoms with van der Waals surface area (Å²) in [5, 5.41) is 8.46. The molecule has 0 saturated carbocycles. The molecule has 1 amide bonds. The first-order chi connectivity index (χ1) is 16.3. The maximum Gasteiger partial charge on any atom is 0.407 e. The second-order valence-corrected chi connectivity index (χ2v) is 8.85. The Morgan fingerprint density at radius 3 is 2.41 bits per heavy atom. The van der Waals surface area contributed by atoms with Crippen molar-refractivity contribution in [1.29, 1.82) is 0 Å². The van der Waals surface area contributed by atoms with Crippen molar-refractivity contribution in [1.82, 2.24) is 10.3 Å². The van der Waals surface area contributed by atoms with Crippen LogP contribution in [0.25, 0.3) is 21.8 Å². The third-order valence-electron chi connectivity index (χ3n) is 5.70. The summed E-state index contributed by atoms with van der Waals surface area (Å²) in [6.07, 6.45) is 0.275. The molecule has 0 bridgehead atoms. The zero-order valence-electron chi connectivity index (χ0n) is 20.4. The Hall–Kier alpha value is -3.80. The van der Waals surface area contributed by atoms with E-state index in [2.05, 4.69) is 54.0 Å². The molecule has 0 atom stereocenters. The first kappa shape index (κ1) is 23.4. The largest absolute Gasteiger partial charge is 0.496 e. The molecule has 4 aromatic rings. The molecule has 0 radical (unpaired) electrons. The van der Waals surface area contributed by atoms with E-state index in [1.807, 2.05) is 39.0 Å². The number of anilines is 2. The molecule has 3 aromatic carbocycles. The summed E-state index contributed by atoms with van der Waals surface area (Å²) >= 11 is 0. The van der Waals surface area contributed by atoms with Crippen LogP contribution in [0.2, 0.25) is 0 Å². The predicted octanol–water partition coefficient (Wildman–Crippen LogP) is 6.43. The number of hydrogen-bond donors (Lipinski definition) is 2. The van der Waals surface area contributed by atoms with Crippen LogP contribution in [0.5, 0.6) is 5.75 Å². The fourth-order valence-corrected chi connectivity index (χ4v) is 3.98. The van der Waals surface area contributed by atoms with E-state index in [0.29, 0.717) is 13.0 Å². The SMILES string of the molecule is COc1cc2nc3cc(C)ccc3c(Nc3ccc(CCOC(=O)NC(C)C)cc3)c2cc1C. The smallest absolute Gasteiger partial charge is 0.407 e. The number of aryl methyl sites for hydroxylation is 2. The first-order valence-corrected chi connectivity index (χ1v) is 11.5. The molecule has 1 heterocycles. The van der Waals surface area contributed by atoms with Crippen LogP contribution in [0.4, 0.5) is 16.2 Å². The van der Waals surface area contributed by atoms with Crippen molar-refractivity contribution in [3.05, 3.63) is 71.3 Å². The van der Waals surface area contributed by atoms with Crippen molar-refractivity contribution in [3.8, 4) is 5.75 Å². The number of fused-ring (bicyclic) bond motifs is 2. The number of aromatic nitrogens is 1. The van der Waals surface area contributed by atoms with Crippen LogP contribution in [0.1, 0.15) is 30.5 Å². The molecule has 1 aromatic heterocycles. The van der Waals surface area contributed by atoms with Crippen molar-refractivity contribution in [3.63, 3.8) is 0 Å². The van der Waals surface area contributed by atoms with Gasteiger partial charge in [-0.25, -0.2) is 9.78 Å². The monoisotopic (exact) mass is 457 g/mol. The fourth-order valence-electron chi connectivity index (χ4n) is 3.98. The summed E-state index contributed by atoms with van der Waals surface area (Å²) in [5.41, 5.74) is 7.15. The van der Waals surface area contributed by atoms with E-state index in [0.717, 1.165) is 55.6 Å². The topological polar surface area (TPSA) is 72.5 Å². The van der Waals surface area contributed by atoms with Crippen LogP contribution in [-0.2, 0) is 11.2 Å². The van der Waals surface area contributed by atoms with Crippen molar-refractivity contribution in [2.45, 2.75) is 40.2 Å².